The maximum atomic E-state index is 5.81. The number of hydrogen-bond acceptors (Lipinski definition) is 4. The minimum atomic E-state index is 0.344. The van der Waals surface area contributed by atoms with Gasteiger partial charge in [-0.25, -0.2) is 0 Å². The van der Waals surface area contributed by atoms with Crippen LogP contribution < -0.4 is 11.1 Å². The molecule has 0 spiro atoms. The fraction of sp³-hybridized carbons (Fsp3) is 0.786. The number of anilines is 1. The third kappa shape index (κ3) is 3.09. The quantitative estimate of drug-likeness (QED) is 0.848. The van der Waals surface area contributed by atoms with E-state index in [9.17, 15) is 0 Å². The summed E-state index contributed by atoms with van der Waals surface area (Å²) in [5, 5.41) is 8.00. The van der Waals surface area contributed by atoms with Gasteiger partial charge in [0.2, 0.25) is 0 Å². The first kappa shape index (κ1) is 12.9. The van der Waals surface area contributed by atoms with Gasteiger partial charge in [-0.1, -0.05) is 6.42 Å². The highest BCUT2D eigenvalue weighted by atomic mass is 16.5. The molecule has 0 aromatic carbocycles. The van der Waals surface area contributed by atoms with Crippen molar-refractivity contribution in [3.63, 3.8) is 0 Å². The van der Waals surface area contributed by atoms with E-state index < -0.39 is 0 Å². The lowest BCUT2D eigenvalue weighted by Gasteiger charge is -2.19. The van der Waals surface area contributed by atoms with Gasteiger partial charge in [0.25, 0.3) is 0 Å². The molecule has 3 rings (SSSR count). The Morgan fingerprint density at radius 3 is 3.11 bits per heavy atom. The molecule has 3 atom stereocenters. The predicted octanol–water partition coefficient (Wildman–Crippen LogP) is 1.60. The molecular weight excluding hydrogens is 240 g/mol. The fourth-order valence-electron chi connectivity index (χ4n) is 3.26. The van der Waals surface area contributed by atoms with Crippen molar-refractivity contribution in [3.05, 3.63) is 12.4 Å². The minimum absolute atomic E-state index is 0.344. The maximum absolute atomic E-state index is 5.81. The second kappa shape index (κ2) is 5.92. The Balaban J connectivity index is 1.55. The minimum Gasteiger partial charge on any atom is -0.379 e. The van der Waals surface area contributed by atoms with Gasteiger partial charge >= 0.3 is 0 Å². The van der Waals surface area contributed by atoms with Gasteiger partial charge in [-0.05, 0) is 38.1 Å². The third-order valence-corrected chi connectivity index (χ3v) is 4.36. The van der Waals surface area contributed by atoms with Gasteiger partial charge in [0.05, 0.1) is 24.5 Å². The first-order chi connectivity index (χ1) is 9.35. The summed E-state index contributed by atoms with van der Waals surface area (Å²) in [6.07, 6.45) is 10.4. The van der Waals surface area contributed by atoms with Gasteiger partial charge in [0.1, 0.15) is 0 Å². The van der Waals surface area contributed by atoms with Crippen molar-refractivity contribution in [2.24, 2.45) is 11.7 Å². The zero-order valence-electron chi connectivity index (χ0n) is 11.4. The lowest BCUT2D eigenvalue weighted by Crippen LogP contribution is -2.29. The van der Waals surface area contributed by atoms with Crippen LogP contribution in [0.25, 0.3) is 0 Å². The van der Waals surface area contributed by atoms with Gasteiger partial charge in [-0.3, -0.25) is 4.68 Å². The van der Waals surface area contributed by atoms with Gasteiger partial charge in [-0.2, -0.15) is 5.10 Å². The van der Waals surface area contributed by atoms with E-state index in [1.165, 1.54) is 25.7 Å². The standard InChI is InChI=1S/C14H24N4O/c15-7-11-3-1-5-14(11)17-12-8-16-18(9-12)10-13-4-2-6-19-13/h8-9,11,13-14,17H,1-7,10,15H2. The Morgan fingerprint density at radius 1 is 1.37 bits per heavy atom. The molecule has 0 amide bonds. The molecule has 0 radical (unpaired) electrons. The SMILES string of the molecule is NCC1CCCC1Nc1cnn(CC2CCCO2)c1. The number of nitrogens with one attached hydrogen (secondary N) is 1. The fourth-order valence-corrected chi connectivity index (χ4v) is 3.26. The van der Waals surface area contributed by atoms with Gasteiger partial charge in [0, 0.05) is 18.8 Å². The van der Waals surface area contributed by atoms with Crippen LogP contribution in [-0.2, 0) is 11.3 Å². The monoisotopic (exact) mass is 264 g/mol. The first-order valence-electron chi connectivity index (χ1n) is 7.46. The van der Waals surface area contributed by atoms with Crippen molar-refractivity contribution < 1.29 is 4.74 Å². The number of hydrogen-bond donors (Lipinski definition) is 2. The van der Waals surface area contributed by atoms with E-state index in [-0.39, 0.29) is 0 Å². The highest BCUT2D eigenvalue weighted by Gasteiger charge is 2.26. The van der Waals surface area contributed by atoms with Crippen LogP contribution >= 0.6 is 0 Å². The lowest BCUT2D eigenvalue weighted by molar-refractivity contribution is 0.0940. The van der Waals surface area contributed by atoms with Crippen LogP contribution in [0.15, 0.2) is 12.4 Å². The molecule has 5 nitrogen and oxygen atoms in total. The summed E-state index contributed by atoms with van der Waals surface area (Å²) in [6.45, 7) is 2.55. The predicted molar refractivity (Wildman–Crippen MR) is 75.0 cm³/mol. The van der Waals surface area contributed by atoms with Crippen LogP contribution in [0, 0.1) is 5.92 Å². The highest BCUT2D eigenvalue weighted by molar-refractivity contribution is 5.39. The topological polar surface area (TPSA) is 65.1 Å². The first-order valence-corrected chi connectivity index (χ1v) is 7.46. The summed E-state index contributed by atoms with van der Waals surface area (Å²) in [5.41, 5.74) is 6.93. The maximum Gasteiger partial charge on any atom is 0.0771 e. The van der Waals surface area contributed by atoms with Crippen molar-refractivity contribution >= 4 is 5.69 Å². The molecule has 5 heteroatoms. The normalized spacial score (nSPS) is 30.9. The summed E-state index contributed by atoms with van der Waals surface area (Å²) in [7, 11) is 0. The number of ether oxygens (including phenoxy) is 1. The van der Waals surface area contributed by atoms with Gasteiger partial charge < -0.3 is 15.8 Å². The average molecular weight is 264 g/mol. The molecule has 3 N–H and O–H groups in total. The summed E-state index contributed by atoms with van der Waals surface area (Å²) < 4.78 is 7.63. The number of nitrogens with zero attached hydrogens (tertiary/aromatic N) is 2. The molecule has 106 valence electrons. The Bertz CT molecular complexity index is 400. The summed E-state index contributed by atoms with van der Waals surface area (Å²) in [6, 6.07) is 0.519. The van der Waals surface area contributed by atoms with Crippen LogP contribution in [-0.4, -0.2) is 35.1 Å². The van der Waals surface area contributed by atoms with Crippen molar-refractivity contribution in [1.29, 1.82) is 0 Å². The second-order valence-corrected chi connectivity index (χ2v) is 5.76. The highest BCUT2D eigenvalue weighted by Crippen LogP contribution is 2.27. The molecule has 1 aliphatic heterocycles. The number of rotatable bonds is 5. The third-order valence-electron chi connectivity index (χ3n) is 4.36. The average Bonchev–Trinajstić information content (AvgIpc) is 3.13. The van der Waals surface area contributed by atoms with Crippen LogP contribution in [0.2, 0.25) is 0 Å². The molecule has 3 unspecified atom stereocenters. The van der Waals surface area contributed by atoms with Gasteiger partial charge in [-0.15, -0.1) is 0 Å². The molecule has 1 aromatic heterocycles. The van der Waals surface area contributed by atoms with Crippen molar-refractivity contribution in [1.82, 2.24) is 9.78 Å². The Hall–Kier alpha value is -1.07. The molecule has 1 saturated heterocycles. The Morgan fingerprint density at radius 2 is 2.32 bits per heavy atom. The molecule has 2 aliphatic rings. The zero-order chi connectivity index (χ0) is 13.1. The molecule has 1 aliphatic carbocycles. The number of nitrogens with two attached hydrogens (primary N) is 1. The Kier molecular flexibility index (Phi) is 4.03. The molecule has 0 bridgehead atoms. The van der Waals surface area contributed by atoms with E-state index in [0.717, 1.165) is 31.8 Å². The molecule has 2 fully saturated rings. The van der Waals surface area contributed by atoms with Crippen molar-refractivity contribution in [2.45, 2.75) is 50.8 Å². The van der Waals surface area contributed by atoms with Crippen LogP contribution in [0.4, 0.5) is 5.69 Å². The van der Waals surface area contributed by atoms with E-state index in [4.69, 9.17) is 10.5 Å². The molecule has 1 aromatic rings. The van der Waals surface area contributed by atoms with E-state index in [0.29, 0.717) is 18.1 Å². The largest absolute Gasteiger partial charge is 0.379 e. The van der Waals surface area contributed by atoms with E-state index in [1.54, 1.807) is 0 Å². The zero-order valence-corrected chi connectivity index (χ0v) is 11.4. The lowest BCUT2D eigenvalue weighted by atomic mass is 10.0. The molecule has 2 heterocycles. The summed E-state index contributed by atoms with van der Waals surface area (Å²) in [4.78, 5) is 0. The van der Waals surface area contributed by atoms with Crippen molar-refractivity contribution in [2.75, 3.05) is 18.5 Å². The second-order valence-electron chi connectivity index (χ2n) is 5.76. The molecule has 1 saturated carbocycles. The van der Waals surface area contributed by atoms with Crippen LogP contribution in [0.5, 0.6) is 0 Å². The summed E-state index contributed by atoms with van der Waals surface area (Å²) >= 11 is 0. The molecular formula is C14H24N4O. The van der Waals surface area contributed by atoms with E-state index in [2.05, 4.69) is 16.6 Å². The van der Waals surface area contributed by atoms with E-state index >= 15 is 0 Å². The van der Waals surface area contributed by atoms with Crippen molar-refractivity contribution in [3.8, 4) is 0 Å². The number of aromatic nitrogens is 2. The van der Waals surface area contributed by atoms with Gasteiger partial charge in [0.15, 0.2) is 0 Å². The Labute approximate surface area is 114 Å². The van der Waals surface area contributed by atoms with Crippen LogP contribution in [0.1, 0.15) is 32.1 Å². The van der Waals surface area contributed by atoms with E-state index in [1.807, 2.05) is 10.9 Å². The smallest absolute Gasteiger partial charge is 0.0771 e. The summed E-state index contributed by atoms with van der Waals surface area (Å²) in [5.74, 6) is 0.613. The van der Waals surface area contributed by atoms with Crippen LogP contribution in [0.3, 0.4) is 0 Å². The molecule has 19 heavy (non-hydrogen) atoms.